The Labute approximate surface area is 129 Å². The van der Waals surface area contributed by atoms with Gasteiger partial charge in [-0.2, -0.15) is 0 Å². The average molecular weight is 308 g/mol. The highest BCUT2D eigenvalue weighted by Gasteiger charge is 2.20. The second kappa shape index (κ2) is 7.95. The van der Waals surface area contributed by atoms with Crippen molar-refractivity contribution < 1.29 is 14.3 Å². The van der Waals surface area contributed by atoms with Crippen LogP contribution in [-0.4, -0.2) is 37.3 Å². The van der Waals surface area contributed by atoms with Gasteiger partial charge in [0.2, 0.25) is 0 Å². The van der Waals surface area contributed by atoms with Gasteiger partial charge in [-0.3, -0.25) is 4.79 Å². The van der Waals surface area contributed by atoms with Crippen molar-refractivity contribution in [1.29, 1.82) is 0 Å². The number of nitrogens with one attached hydrogen (secondary N) is 1. The molecule has 0 spiro atoms. The normalized spacial score (nSPS) is 13.7. The summed E-state index contributed by atoms with van der Waals surface area (Å²) >= 11 is 4.86. The maximum absolute atomic E-state index is 11.6. The molecule has 0 saturated heterocycles. The molecule has 1 fully saturated rings. The first kappa shape index (κ1) is 15.7. The van der Waals surface area contributed by atoms with Crippen LogP contribution in [0.25, 0.3) is 0 Å². The van der Waals surface area contributed by atoms with E-state index < -0.39 is 0 Å². The molecule has 1 amide bonds. The number of carbonyl (C=O) groups is 1. The van der Waals surface area contributed by atoms with Crippen LogP contribution in [-0.2, 0) is 9.53 Å². The highest BCUT2D eigenvalue weighted by molar-refractivity contribution is 7.80. The number of ether oxygens (including phenoxy) is 2. The molecule has 1 aliphatic rings. The molecule has 1 saturated carbocycles. The molecule has 21 heavy (non-hydrogen) atoms. The molecule has 0 aliphatic heterocycles. The lowest BCUT2D eigenvalue weighted by molar-refractivity contribution is -0.123. The Balaban J connectivity index is 1.57. The fraction of sp³-hybridized carbons (Fsp3) is 0.467. The van der Waals surface area contributed by atoms with Gasteiger partial charge in [-0.05, 0) is 43.0 Å². The number of carbonyl (C=O) groups excluding carboxylic acids is 1. The van der Waals surface area contributed by atoms with Crippen LogP contribution in [0, 0.1) is 5.92 Å². The molecule has 114 valence electrons. The Bertz CT molecular complexity index is 486. The maximum atomic E-state index is 11.6. The Morgan fingerprint density at radius 3 is 2.67 bits per heavy atom. The summed E-state index contributed by atoms with van der Waals surface area (Å²) < 4.78 is 10.8. The van der Waals surface area contributed by atoms with Gasteiger partial charge in [-0.25, -0.2) is 0 Å². The van der Waals surface area contributed by atoms with Gasteiger partial charge in [-0.15, -0.1) is 0 Å². The van der Waals surface area contributed by atoms with Crippen LogP contribution < -0.4 is 15.8 Å². The Morgan fingerprint density at radius 1 is 1.33 bits per heavy atom. The van der Waals surface area contributed by atoms with E-state index in [2.05, 4.69) is 5.32 Å². The predicted octanol–water partition coefficient (Wildman–Crippen LogP) is 1.24. The second-order valence-electron chi connectivity index (χ2n) is 5.05. The van der Waals surface area contributed by atoms with Crippen molar-refractivity contribution in [1.82, 2.24) is 5.32 Å². The SMILES string of the molecule is NC(=S)c1ccc(OCC(=O)NCCOCC2CC2)cc1. The van der Waals surface area contributed by atoms with E-state index >= 15 is 0 Å². The third-order valence-corrected chi connectivity index (χ3v) is 3.36. The monoisotopic (exact) mass is 308 g/mol. The highest BCUT2D eigenvalue weighted by Crippen LogP contribution is 2.28. The average Bonchev–Trinajstić information content (AvgIpc) is 3.29. The standard InChI is InChI=1S/C15H20N2O3S/c16-15(21)12-3-5-13(6-4-12)20-10-14(18)17-7-8-19-9-11-1-2-11/h3-6,11H,1-2,7-10H2,(H2,16,21)(H,17,18). The highest BCUT2D eigenvalue weighted by atomic mass is 32.1. The van der Waals surface area contributed by atoms with Gasteiger partial charge in [0.15, 0.2) is 6.61 Å². The molecule has 0 radical (unpaired) electrons. The topological polar surface area (TPSA) is 73.6 Å². The number of hydrogen-bond acceptors (Lipinski definition) is 4. The van der Waals surface area contributed by atoms with Crippen LogP contribution in [0.3, 0.4) is 0 Å². The molecule has 0 heterocycles. The summed E-state index contributed by atoms with van der Waals surface area (Å²) in [7, 11) is 0. The van der Waals surface area contributed by atoms with Crippen LogP contribution in [0.5, 0.6) is 5.75 Å². The van der Waals surface area contributed by atoms with Gasteiger partial charge in [0.05, 0.1) is 6.61 Å². The molecule has 0 aromatic heterocycles. The summed E-state index contributed by atoms with van der Waals surface area (Å²) in [5, 5.41) is 2.75. The lowest BCUT2D eigenvalue weighted by Gasteiger charge is -2.08. The van der Waals surface area contributed by atoms with Crippen LogP contribution in [0.2, 0.25) is 0 Å². The molecule has 1 aromatic carbocycles. The van der Waals surface area contributed by atoms with Crippen LogP contribution in [0.1, 0.15) is 18.4 Å². The van der Waals surface area contributed by atoms with E-state index in [1.54, 1.807) is 24.3 Å². The van der Waals surface area contributed by atoms with E-state index in [1.807, 2.05) is 0 Å². The number of nitrogens with two attached hydrogens (primary N) is 1. The molecule has 1 aliphatic carbocycles. The Morgan fingerprint density at radius 2 is 2.05 bits per heavy atom. The van der Waals surface area contributed by atoms with E-state index in [-0.39, 0.29) is 12.5 Å². The van der Waals surface area contributed by atoms with Crippen LogP contribution >= 0.6 is 12.2 Å². The summed E-state index contributed by atoms with van der Waals surface area (Å²) in [6.45, 7) is 1.84. The third kappa shape index (κ3) is 6.10. The molecule has 5 nitrogen and oxygen atoms in total. The van der Waals surface area contributed by atoms with Gasteiger partial charge >= 0.3 is 0 Å². The molecule has 0 bridgehead atoms. The molecule has 6 heteroatoms. The number of amides is 1. The minimum absolute atomic E-state index is 0.0188. The number of thiocarbonyl (C=S) groups is 1. The lowest BCUT2D eigenvalue weighted by Crippen LogP contribution is -2.31. The quantitative estimate of drug-likeness (QED) is 0.530. The van der Waals surface area contributed by atoms with Gasteiger partial charge in [0.25, 0.3) is 5.91 Å². The predicted molar refractivity (Wildman–Crippen MR) is 84.4 cm³/mol. The zero-order chi connectivity index (χ0) is 15.1. The van der Waals surface area contributed by atoms with E-state index in [1.165, 1.54) is 12.8 Å². The van der Waals surface area contributed by atoms with Crippen molar-refractivity contribution >= 4 is 23.1 Å². The van der Waals surface area contributed by atoms with Gasteiger partial charge in [0, 0.05) is 18.7 Å². The minimum Gasteiger partial charge on any atom is -0.484 e. The summed E-state index contributed by atoms with van der Waals surface area (Å²) in [4.78, 5) is 11.9. The fourth-order valence-corrected chi connectivity index (χ4v) is 1.85. The fourth-order valence-electron chi connectivity index (χ4n) is 1.71. The van der Waals surface area contributed by atoms with E-state index in [9.17, 15) is 4.79 Å². The van der Waals surface area contributed by atoms with E-state index in [0.29, 0.717) is 23.9 Å². The molecule has 3 N–H and O–H groups in total. The smallest absolute Gasteiger partial charge is 0.258 e. The molecule has 2 rings (SSSR count). The number of rotatable bonds is 9. The van der Waals surface area contributed by atoms with Crippen molar-refractivity contribution in [2.45, 2.75) is 12.8 Å². The molecular formula is C15H20N2O3S. The van der Waals surface area contributed by atoms with Crippen molar-refractivity contribution in [2.75, 3.05) is 26.4 Å². The Kier molecular flexibility index (Phi) is 5.95. The first-order valence-corrected chi connectivity index (χ1v) is 7.43. The summed E-state index contributed by atoms with van der Waals surface area (Å²) in [5.41, 5.74) is 6.28. The van der Waals surface area contributed by atoms with Gasteiger partial charge < -0.3 is 20.5 Å². The van der Waals surface area contributed by atoms with Crippen LogP contribution in [0.15, 0.2) is 24.3 Å². The largest absolute Gasteiger partial charge is 0.484 e. The lowest BCUT2D eigenvalue weighted by atomic mass is 10.2. The van der Waals surface area contributed by atoms with Crippen molar-refractivity contribution in [3.8, 4) is 5.75 Å². The number of benzene rings is 1. The molecule has 0 unspecified atom stereocenters. The van der Waals surface area contributed by atoms with Gasteiger partial charge in [0.1, 0.15) is 10.7 Å². The van der Waals surface area contributed by atoms with E-state index in [4.69, 9.17) is 27.4 Å². The second-order valence-corrected chi connectivity index (χ2v) is 5.49. The van der Waals surface area contributed by atoms with Crippen molar-refractivity contribution in [3.05, 3.63) is 29.8 Å². The zero-order valence-electron chi connectivity index (χ0n) is 11.8. The third-order valence-electron chi connectivity index (χ3n) is 3.13. The van der Waals surface area contributed by atoms with Crippen molar-refractivity contribution in [3.63, 3.8) is 0 Å². The minimum atomic E-state index is -0.163. The molecular weight excluding hydrogens is 288 g/mol. The number of hydrogen-bond donors (Lipinski definition) is 2. The first-order valence-electron chi connectivity index (χ1n) is 7.02. The van der Waals surface area contributed by atoms with Crippen LogP contribution in [0.4, 0.5) is 0 Å². The van der Waals surface area contributed by atoms with E-state index in [0.717, 1.165) is 18.1 Å². The molecule has 0 atom stereocenters. The summed E-state index contributed by atoms with van der Waals surface area (Å²) in [6.07, 6.45) is 2.54. The van der Waals surface area contributed by atoms with Crippen molar-refractivity contribution in [2.24, 2.45) is 11.7 Å². The molecule has 1 aromatic rings. The Hall–Kier alpha value is -1.66. The zero-order valence-corrected chi connectivity index (χ0v) is 12.7. The maximum Gasteiger partial charge on any atom is 0.258 e. The summed E-state index contributed by atoms with van der Waals surface area (Å²) in [6, 6.07) is 7.00. The summed E-state index contributed by atoms with van der Waals surface area (Å²) in [5.74, 6) is 1.19. The van der Waals surface area contributed by atoms with Gasteiger partial charge in [-0.1, -0.05) is 12.2 Å². The first-order chi connectivity index (χ1) is 10.1.